The fourth-order valence-corrected chi connectivity index (χ4v) is 1.96. The van der Waals surface area contributed by atoms with Crippen LogP contribution in [0.25, 0.3) is 0 Å². The lowest BCUT2D eigenvalue weighted by atomic mass is 9.90. The molecule has 88 valence electrons. The first-order valence-corrected chi connectivity index (χ1v) is 5.74. The van der Waals surface area contributed by atoms with Crippen LogP contribution in [0.4, 0.5) is 0 Å². The molecule has 0 spiro atoms. The quantitative estimate of drug-likeness (QED) is 0.724. The highest BCUT2D eigenvalue weighted by Gasteiger charge is 2.11. The molecule has 0 saturated heterocycles. The van der Waals surface area contributed by atoms with E-state index in [0.29, 0.717) is 11.5 Å². The van der Waals surface area contributed by atoms with E-state index in [9.17, 15) is 4.79 Å². The van der Waals surface area contributed by atoms with Crippen molar-refractivity contribution in [2.45, 2.75) is 19.3 Å². The molecule has 0 amide bonds. The van der Waals surface area contributed by atoms with Gasteiger partial charge in [0.1, 0.15) is 0 Å². The summed E-state index contributed by atoms with van der Waals surface area (Å²) >= 11 is 0. The van der Waals surface area contributed by atoms with E-state index in [1.165, 1.54) is 18.2 Å². The molecular weight excluding hydrogens is 212 g/mol. The molecule has 0 aromatic heterocycles. The number of ether oxygens (including phenoxy) is 1. The number of allylic oxidation sites excluding steroid dienone is 4. The van der Waals surface area contributed by atoms with E-state index in [1.54, 1.807) is 0 Å². The van der Waals surface area contributed by atoms with Crippen LogP contribution < -0.4 is 0 Å². The zero-order valence-electron chi connectivity index (χ0n) is 10.1. The third kappa shape index (κ3) is 2.64. The minimum absolute atomic E-state index is 0.286. The molecule has 0 N–H and O–H groups in total. The molecule has 2 heteroatoms. The summed E-state index contributed by atoms with van der Waals surface area (Å²) in [4.78, 5) is 11.3. The van der Waals surface area contributed by atoms with Gasteiger partial charge in [0.05, 0.1) is 12.7 Å². The summed E-state index contributed by atoms with van der Waals surface area (Å²) in [5.74, 6) is 0.136. The highest BCUT2D eigenvalue weighted by atomic mass is 16.5. The lowest BCUT2D eigenvalue weighted by Gasteiger charge is -2.15. The number of hydrogen-bond donors (Lipinski definition) is 0. The van der Waals surface area contributed by atoms with Gasteiger partial charge >= 0.3 is 5.97 Å². The van der Waals surface area contributed by atoms with Gasteiger partial charge < -0.3 is 4.74 Å². The minimum atomic E-state index is -0.286. The van der Waals surface area contributed by atoms with Crippen molar-refractivity contribution in [1.82, 2.24) is 0 Å². The highest BCUT2D eigenvalue weighted by Crippen LogP contribution is 2.26. The largest absolute Gasteiger partial charge is 0.465 e. The predicted molar refractivity (Wildman–Crippen MR) is 68.0 cm³/mol. The van der Waals surface area contributed by atoms with E-state index in [0.717, 1.165) is 6.42 Å². The van der Waals surface area contributed by atoms with Crippen molar-refractivity contribution in [3.63, 3.8) is 0 Å². The van der Waals surface area contributed by atoms with Gasteiger partial charge in [0, 0.05) is 5.92 Å². The molecule has 1 atom stereocenters. The molecule has 1 aliphatic carbocycles. The zero-order valence-corrected chi connectivity index (χ0v) is 10.1. The smallest absolute Gasteiger partial charge is 0.337 e. The summed E-state index contributed by atoms with van der Waals surface area (Å²) in [5, 5.41) is 0. The number of esters is 1. The van der Waals surface area contributed by atoms with Crippen LogP contribution in [0.1, 0.15) is 35.2 Å². The normalized spacial score (nSPS) is 18.7. The van der Waals surface area contributed by atoms with Crippen molar-refractivity contribution in [2.75, 3.05) is 7.11 Å². The average Bonchev–Trinajstić information content (AvgIpc) is 2.39. The Morgan fingerprint density at radius 1 is 1.29 bits per heavy atom. The van der Waals surface area contributed by atoms with E-state index in [-0.39, 0.29) is 5.97 Å². The maximum Gasteiger partial charge on any atom is 0.337 e. The molecule has 0 heterocycles. The molecule has 1 unspecified atom stereocenters. The Kier molecular flexibility index (Phi) is 3.43. The monoisotopic (exact) mass is 228 g/mol. The summed E-state index contributed by atoms with van der Waals surface area (Å²) in [6.07, 6.45) is 7.61. The second-order valence-electron chi connectivity index (χ2n) is 4.26. The summed E-state index contributed by atoms with van der Waals surface area (Å²) in [7, 11) is 1.40. The maximum atomic E-state index is 11.3. The van der Waals surface area contributed by atoms with Crippen molar-refractivity contribution in [3.8, 4) is 0 Å². The highest BCUT2D eigenvalue weighted by molar-refractivity contribution is 5.89. The number of carbonyl (C=O) groups is 1. The van der Waals surface area contributed by atoms with Gasteiger partial charge in [0.25, 0.3) is 0 Å². The maximum absolute atomic E-state index is 11.3. The Morgan fingerprint density at radius 3 is 2.53 bits per heavy atom. The minimum Gasteiger partial charge on any atom is -0.465 e. The topological polar surface area (TPSA) is 26.3 Å². The molecule has 2 nitrogen and oxygen atoms in total. The first-order chi connectivity index (χ1) is 8.20. The number of methoxy groups -OCH3 is 1. The third-order valence-electron chi connectivity index (χ3n) is 3.05. The Labute approximate surface area is 102 Å². The first-order valence-electron chi connectivity index (χ1n) is 5.74. The van der Waals surface area contributed by atoms with Crippen molar-refractivity contribution in [2.24, 2.45) is 0 Å². The number of benzene rings is 1. The first kappa shape index (κ1) is 11.6. The molecule has 1 aliphatic rings. The van der Waals surface area contributed by atoms with Crippen LogP contribution in [0, 0.1) is 0 Å². The molecule has 17 heavy (non-hydrogen) atoms. The van der Waals surface area contributed by atoms with E-state index in [2.05, 4.69) is 29.9 Å². The summed E-state index contributed by atoms with van der Waals surface area (Å²) in [6.45, 7) is 2.10. The molecule has 2 rings (SSSR count). The predicted octanol–water partition coefficient (Wildman–Crippen LogP) is 3.46. The lowest BCUT2D eigenvalue weighted by Crippen LogP contribution is -2.02. The van der Waals surface area contributed by atoms with E-state index in [4.69, 9.17) is 0 Å². The molecule has 0 aliphatic heterocycles. The van der Waals surface area contributed by atoms with Gasteiger partial charge in [-0.05, 0) is 31.0 Å². The van der Waals surface area contributed by atoms with Crippen LogP contribution in [0.5, 0.6) is 0 Å². The van der Waals surface area contributed by atoms with Crippen molar-refractivity contribution in [1.29, 1.82) is 0 Å². The van der Waals surface area contributed by atoms with Gasteiger partial charge in [-0.25, -0.2) is 4.79 Å². The van der Waals surface area contributed by atoms with Crippen LogP contribution in [-0.2, 0) is 4.74 Å². The fraction of sp³-hybridized carbons (Fsp3) is 0.267. The Balaban J connectivity index is 2.14. The number of hydrogen-bond acceptors (Lipinski definition) is 2. The molecule has 1 aromatic rings. The summed E-state index contributed by atoms with van der Waals surface area (Å²) in [6, 6.07) is 7.63. The van der Waals surface area contributed by atoms with Gasteiger partial charge in [0.15, 0.2) is 0 Å². The second kappa shape index (κ2) is 5.00. The van der Waals surface area contributed by atoms with Crippen LogP contribution in [0.2, 0.25) is 0 Å². The van der Waals surface area contributed by atoms with Gasteiger partial charge in [-0.2, -0.15) is 0 Å². The Hall–Kier alpha value is -1.83. The fourth-order valence-electron chi connectivity index (χ4n) is 1.96. The van der Waals surface area contributed by atoms with Crippen LogP contribution in [0.3, 0.4) is 0 Å². The summed E-state index contributed by atoms with van der Waals surface area (Å²) in [5.41, 5.74) is 3.15. The van der Waals surface area contributed by atoms with E-state index in [1.807, 2.05) is 24.3 Å². The van der Waals surface area contributed by atoms with Crippen LogP contribution >= 0.6 is 0 Å². The van der Waals surface area contributed by atoms with Gasteiger partial charge in [-0.15, -0.1) is 0 Å². The molecule has 0 saturated carbocycles. The Morgan fingerprint density at radius 2 is 2.00 bits per heavy atom. The van der Waals surface area contributed by atoms with Gasteiger partial charge in [0.2, 0.25) is 0 Å². The number of rotatable bonds is 2. The third-order valence-corrected chi connectivity index (χ3v) is 3.05. The van der Waals surface area contributed by atoms with Crippen molar-refractivity contribution >= 4 is 5.97 Å². The molecule has 1 aromatic carbocycles. The van der Waals surface area contributed by atoms with E-state index >= 15 is 0 Å². The SMILES string of the molecule is COC(=O)c1ccc(C2C=CC(C)=CC2)cc1. The van der Waals surface area contributed by atoms with Gasteiger partial charge in [-0.3, -0.25) is 0 Å². The standard InChI is InChI=1S/C15H16O2/c1-11-3-5-12(6-4-11)13-7-9-14(10-8-13)15(16)17-2/h3-5,7-10,12H,6H2,1-2H3. The van der Waals surface area contributed by atoms with E-state index < -0.39 is 0 Å². The lowest BCUT2D eigenvalue weighted by molar-refractivity contribution is 0.0600. The van der Waals surface area contributed by atoms with Gasteiger partial charge in [-0.1, -0.05) is 35.9 Å². The second-order valence-corrected chi connectivity index (χ2v) is 4.26. The molecule has 0 fully saturated rings. The molecule has 0 radical (unpaired) electrons. The zero-order chi connectivity index (χ0) is 12.3. The summed E-state index contributed by atoms with van der Waals surface area (Å²) < 4.78 is 4.67. The van der Waals surface area contributed by atoms with Crippen molar-refractivity contribution in [3.05, 3.63) is 59.2 Å². The van der Waals surface area contributed by atoms with Crippen LogP contribution in [0.15, 0.2) is 48.1 Å². The molecular formula is C15H16O2. The Bertz CT molecular complexity index is 466. The van der Waals surface area contributed by atoms with Crippen LogP contribution in [-0.4, -0.2) is 13.1 Å². The average molecular weight is 228 g/mol. The number of carbonyl (C=O) groups excluding carboxylic acids is 1. The van der Waals surface area contributed by atoms with Crippen molar-refractivity contribution < 1.29 is 9.53 Å². The molecule has 0 bridgehead atoms.